The monoisotopic (exact) mass is 291 g/mol. The van der Waals surface area contributed by atoms with Gasteiger partial charge in [-0.05, 0) is 30.3 Å². The number of nitrogens with zero attached hydrogens (tertiary/aromatic N) is 1. The van der Waals surface area contributed by atoms with E-state index < -0.39 is 5.76 Å². The number of nitrogens with two attached hydrogens (primary N) is 1. The summed E-state index contributed by atoms with van der Waals surface area (Å²) >= 11 is 0.472. The van der Waals surface area contributed by atoms with Gasteiger partial charge < -0.3 is 11.1 Å². The Morgan fingerprint density at radius 3 is 2.65 bits per heavy atom. The molecule has 3 nitrogen and oxygen atoms in total. The second-order valence-corrected chi connectivity index (χ2v) is 4.95. The average molecular weight is 291 g/mol. The number of halogens is 2. The zero-order valence-corrected chi connectivity index (χ0v) is 11.1. The number of para-hydroxylation sites is 1. The molecule has 2 aromatic rings. The highest BCUT2D eigenvalue weighted by Gasteiger charge is 2.10. The van der Waals surface area contributed by atoms with Crippen molar-refractivity contribution in [2.75, 3.05) is 11.1 Å². The number of hydrogen-bond donors (Lipinski definition) is 2. The fourth-order valence-electron chi connectivity index (χ4n) is 1.66. The number of alkyl halides is 2. The Morgan fingerprint density at radius 1 is 1.20 bits per heavy atom. The van der Waals surface area contributed by atoms with Crippen molar-refractivity contribution in [3.63, 3.8) is 0 Å². The lowest BCUT2D eigenvalue weighted by Gasteiger charge is -2.12. The van der Waals surface area contributed by atoms with Crippen LogP contribution in [0.3, 0.4) is 0 Å². The van der Waals surface area contributed by atoms with E-state index in [4.69, 9.17) is 11.0 Å². The molecular weight excluding hydrogens is 280 g/mol. The van der Waals surface area contributed by atoms with Gasteiger partial charge in [-0.2, -0.15) is 14.0 Å². The highest BCUT2D eigenvalue weighted by atomic mass is 32.2. The van der Waals surface area contributed by atoms with Crippen molar-refractivity contribution in [3.8, 4) is 6.07 Å². The van der Waals surface area contributed by atoms with Crippen LogP contribution >= 0.6 is 11.8 Å². The molecule has 3 N–H and O–H groups in total. The van der Waals surface area contributed by atoms with Gasteiger partial charge in [0.2, 0.25) is 0 Å². The molecule has 0 saturated heterocycles. The van der Waals surface area contributed by atoms with Gasteiger partial charge in [0.25, 0.3) is 5.76 Å². The van der Waals surface area contributed by atoms with Gasteiger partial charge in [0.1, 0.15) is 6.07 Å². The minimum Gasteiger partial charge on any atom is -0.398 e. The van der Waals surface area contributed by atoms with Crippen molar-refractivity contribution in [2.24, 2.45) is 0 Å². The Morgan fingerprint density at radius 2 is 1.95 bits per heavy atom. The van der Waals surface area contributed by atoms with E-state index in [9.17, 15) is 8.78 Å². The summed E-state index contributed by atoms with van der Waals surface area (Å²) < 4.78 is 25.0. The number of anilines is 3. The van der Waals surface area contributed by atoms with Crippen molar-refractivity contribution in [3.05, 3.63) is 48.0 Å². The topological polar surface area (TPSA) is 61.8 Å². The highest BCUT2D eigenvalue weighted by Crippen LogP contribution is 2.33. The first-order chi connectivity index (χ1) is 9.60. The van der Waals surface area contributed by atoms with Gasteiger partial charge in [0, 0.05) is 16.3 Å². The van der Waals surface area contributed by atoms with Crippen LogP contribution in [0.1, 0.15) is 5.56 Å². The first-order valence-corrected chi connectivity index (χ1v) is 6.58. The number of hydrogen-bond acceptors (Lipinski definition) is 4. The summed E-state index contributed by atoms with van der Waals surface area (Å²) in [7, 11) is 0. The van der Waals surface area contributed by atoms with E-state index in [0.29, 0.717) is 39.3 Å². The van der Waals surface area contributed by atoms with Gasteiger partial charge in [-0.3, -0.25) is 0 Å². The number of nitrogens with one attached hydrogen (secondary N) is 1. The minimum absolute atomic E-state index is 0.342. The molecule has 0 heterocycles. The Balaban J connectivity index is 2.28. The number of rotatable bonds is 4. The van der Waals surface area contributed by atoms with E-state index >= 15 is 0 Å². The molecule has 0 aliphatic carbocycles. The summed E-state index contributed by atoms with van der Waals surface area (Å²) in [6.07, 6.45) is 0. The lowest BCUT2D eigenvalue weighted by molar-refractivity contribution is 0.252. The summed E-state index contributed by atoms with van der Waals surface area (Å²) in [5.74, 6) is -2.49. The molecule has 2 aromatic carbocycles. The van der Waals surface area contributed by atoms with Gasteiger partial charge in [-0.15, -0.1) is 0 Å². The van der Waals surface area contributed by atoms with Gasteiger partial charge >= 0.3 is 0 Å². The summed E-state index contributed by atoms with van der Waals surface area (Å²) in [5, 5.41) is 11.9. The quantitative estimate of drug-likeness (QED) is 0.654. The van der Waals surface area contributed by atoms with E-state index in [2.05, 4.69) is 5.32 Å². The van der Waals surface area contributed by atoms with Crippen LogP contribution in [0.15, 0.2) is 47.4 Å². The number of nitriles is 1. The molecule has 0 radical (unpaired) electrons. The van der Waals surface area contributed by atoms with Gasteiger partial charge in [0.05, 0.1) is 11.3 Å². The maximum atomic E-state index is 12.5. The largest absolute Gasteiger partial charge is 0.398 e. The predicted octanol–water partition coefficient (Wildman–Crippen LogP) is 4.20. The molecule has 0 spiro atoms. The molecule has 20 heavy (non-hydrogen) atoms. The van der Waals surface area contributed by atoms with Crippen LogP contribution < -0.4 is 11.1 Å². The van der Waals surface area contributed by atoms with Gasteiger partial charge in [-0.1, -0.05) is 23.9 Å². The Kier molecular flexibility index (Phi) is 4.43. The summed E-state index contributed by atoms with van der Waals surface area (Å²) in [6, 6.07) is 13.6. The fourth-order valence-corrected chi connectivity index (χ4v) is 2.25. The second-order valence-electron chi connectivity index (χ2n) is 3.91. The first-order valence-electron chi connectivity index (χ1n) is 5.70. The molecule has 0 aliphatic heterocycles. The standard InChI is InChI=1S/C14H11F2N3S/c15-14(16)20-13-4-2-1-3-12(13)19-10-5-6-11(18)9(7-10)8-17/h1-7,14,19H,18H2. The molecule has 0 bridgehead atoms. The van der Waals surface area contributed by atoms with Crippen molar-refractivity contribution in [1.82, 2.24) is 0 Å². The molecule has 102 valence electrons. The number of benzene rings is 2. The lowest BCUT2D eigenvalue weighted by atomic mass is 10.1. The molecule has 0 unspecified atom stereocenters. The van der Waals surface area contributed by atoms with Crippen molar-refractivity contribution < 1.29 is 8.78 Å². The van der Waals surface area contributed by atoms with E-state index in [1.807, 2.05) is 6.07 Å². The molecule has 0 aromatic heterocycles. The maximum absolute atomic E-state index is 12.5. The summed E-state index contributed by atoms with van der Waals surface area (Å²) in [6.45, 7) is 0. The fraction of sp³-hybridized carbons (Fsp3) is 0.0714. The smallest absolute Gasteiger partial charge is 0.288 e. The van der Waals surface area contributed by atoms with Crippen molar-refractivity contribution in [1.29, 1.82) is 5.26 Å². The third-order valence-corrected chi connectivity index (χ3v) is 3.34. The van der Waals surface area contributed by atoms with Crippen LogP contribution in [0.5, 0.6) is 0 Å². The van der Waals surface area contributed by atoms with Crippen LogP contribution in [-0.2, 0) is 0 Å². The van der Waals surface area contributed by atoms with Crippen LogP contribution in [-0.4, -0.2) is 5.76 Å². The van der Waals surface area contributed by atoms with E-state index in [-0.39, 0.29) is 0 Å². The van der Waals surface area contributed by atoms with Crippen molar-refractivity contribution in [2.45, 2.75) is 10.7 Å². The molecule has 6 heteroatoms. The summed E-state index contributed by atoms with van der Waals surface area (Å²) in [4.78, 5) is 0.442. The highest BCUT2D eigenvalue weighted by molar-refractivity contribution is 7.99. The maximum Gasteiger partial charge on any atom is 0.288 e. The minimum atomic E-state index is -2.49. The van der Waals surface area contributed by atoms with E-state index in [1.54, 1.807) is 42.5 Å². The third kappa shape index (κ3) is 3.39. The Bertz CT molecular complexity index is 653. The molecule has 0 saturated carbocycles. The number of nitrogen functional groups attached to an aromatic ring is 1. The normalized spacial score (nSPS) is 10.3. The second kappa shape index (κ2) is 6.26. The average Bonchev–Trinajstić information content (AvgIpc) is 2.42. The molecule has 0 amide bonds. The van der Waals surface area contributed by atoms with E-state index in [1.165, 1.54) is 0 Å². The lowest BCUT2D eigenvalue weighted by Crippen LogP contribution is -1.96. The van der Waals surface area contributed by atoms with Gasteiger partial charge in [0.15, 0.2) is 0 Å². The van der Waals surface area contributed by atoms with Crippen LogP contribution in [0.4, 0.5) is 25.8 Å². The molecule has 0 fully saturated rings. The molecular formula is C14H11F2N3S. The van der Waals surface area contributed by atoms with Crippen LogP contribution in [0.2, 0.25) is 0 Å². The van der Waals surface area contributed by atoms with Crippen LogP contribution in [0.25, 0.3) is 0 Å². The Labute approximate surface area is 119 Å². The van der Waals surface area contributed by atoms with Crippen molar-refractivity contribution >= 4 is 28.8 Å². The Hall–Kier alpha value is -2.26. The SMILES string of the molecule is N#Cc1cc(Nc2ccccc2SC(F)F)ccc1N. The molecule has 0 atom stereocenters. The van der Waals surface area contributed by atoms with Gasteiger partial charge in [-0.25, -0.2) is 0 Å². The molecule has 0 aliphatic rings. The van der Waals surface area contributed by atoms with Crippen LogP contribution in [0, 0.1) is 11.3 Å². The molecule has 2 rings (SSSR count). The predicted molar refractivity (Wildman–Crippen MR) is 77.2 cm³/mol. The summed E-state index contributed by atoms with van der Waals surface area (Å²) in [5.41, 5.74) is 7.54. The zero-order valence-electron chi connectivity index (χ0n) is 10.3. The van der Waals surface area contributed by atoms with E-state index in [0.717, 1.165) is 0 Å². The third-order valence-electron chi connectivity index (χ3n) is 2.56. The zero-order chi connectivity index (χ0) is 14.5. The number of thioether (sulfide) groups is 1. The first kappa shape index (κ1) is 14.2.